The number of rotatable bonds is 7. The summed E-state index contributed by atoms with van der Waals surface area (Å²) in [6.07, 6.45) is 5.47. The van der Waals surface area contributed by atoms with Crippen LogP contribution in [0.4, 0.5) is 0 Å². The Labute approximate surface area is 172 Å². The highest BCUT2D eigenvalue weighted by Crippen LogP contribution is 2.46. The van der Waals surface area contributed by atoms with Gasteiger partial charge in [0.2, 0.25) is 0 Å². The number of allylic oxidation sites excluding steroid dienone is 2. The largest absolute Gasteiger partial charge is 0.463 e. The van der Waals surface area contributed by atoms with Crippen molar-refractivity contribution in [2.75, 3.05) is 19.8 Å². The maximum Gasteiger partial charge on any atom is 0.336 e. The predicted octanol–water partition coefficient (Wildman–Crippen LogP) is 3.66. The van der Waals surface area contributed by atoms with Crippen LogP contribution in [0.25, 0.3) is 0 Å². The number of carbonyl (C=O) groups is 2. The number of Topliss-reactive ketones (excluding diaryl/α,β-unsaturated/α-hetero) is 1. The first kappa shape index (κ1) is 21.2. The summed E-state index contributed by atoms with van der Waals surface area (Å²) in [5.74, 6) is -0.858. The molecular formula is C23H30N2O4. The smallest absolute Gasteiger partial charge is 0.336 e. The summed E-state index contributed by atoms with van der Waals surface area (Å²) in [4.78, 5) is 30.4. The van der Waals surface area contributed by atoms with Crippen LogP contribution in [0.5, 0.6) is 0 Å². The first-order valence-electron chi connectivity index (χ1n) is 10.3. The zero-order chi connectivity index (χ0) is 21.0. The Hall–Kier alpha value is -2.47. The molecule has 0 bridgehead atoms. The average molecular weight is 399 g/mol. The summed E-state index contributed by atoms with van der Waals surface area (Å²) in [7, 11) is 0. The number of ketones is 1. The van der Waals surface area contributed by atoms with Gasteiger partial charge in [-0.1, -0.05) is 26.8 Å². The Morgan fingerprint density at radius 2 is 2.10 bits per heavy atom. The molecule has 6 nitrogen and oxygen atoms in total. The van der Waals surface area contributed by atoms with Gasteiger partial charge in [0.1, 0.15) is 0 Å². The zero-order valence-electron chi connectivity index (χ0n) is 17.7. The molecule has 0 radical (unpaired) electrons. The fourth-order valence-electron chi connectivity index (χ4n) is 4.11. The monoisotopic (exact) mass is 398 g/mol. The van der Waals surface area contributed by atoms with Gasteiger partial charge in [-0.25, -0.2) is 4.79 Å². The third-order valence-corrected chi connectivity index (χ3v) is 5.23. The maximum atomic E-state index is 13.2. The van der Waals surface area contributed by atoms with E-state index < -0.39 is 11.9 Å². The van der Waals surface area contributed by atoms with Gasteiger partial charge in [0, 0.05) is 42.6 Å². The lowest BCUT2D eigenvalue weighted by Crippen LogP contribution is -2.40. The van der Waals surface area contributed by atoms with Crippen molar-refractivity contribution in [2.24, 2.45) is 5.41 Å². The molecule has 0 fully saturated rings. The van der Waals surface area contributed by atoms with E-state index in [2.05, 4.69) is 24.1 Å². The topological polar surface area (TPSA) is 77.5 Å². The highest BCUT2D eigenvalue weighted by molar-refractivity contribution is 6.04. The molecule has 1 aromatic heterocycles. The number of hydrogen-bond acceptors (Lipinski definition) is 6. The van der Waals surface area contributed by atoms with Crippen LogP contribution in [-0.2, 0) is 19.1 Å². The van der Waals surface area contributed by atoms with Crippen molar-refractivity contribution in [3.63, 3.8) is 0 Å². The molecule has 0 saturated heterocycles. The van der Waals surface area contributed by atoms with Crippen LogP contribution < -0.4 is 5.32 Å². The third kappa shape index (κ3) is 4.58. The van der Waals surface area contributed by atoms with Crippen molar-refractivity contribution < 1.29 is 19.1 Å². The summed E-state index contributed by atoms with van der Waals surface area (Å²) >= 11 is 0. The van der Waals surface area contributed by atoms with Crippen molar-refractivity contribution in [3.8, 4) is 0 Å². The van der Waals surface area contributed by atoms with E-state index in [1.165, 1.54) is 0 Å². The maximum absolute atomic E-state index is 13.2. The third-order valence-electron chi connectivity index (χ3n) is 5.23. The second-order valence-electron chi connectivity index (χ2n) is 8.34. The van der Waals surface area contributed by atoms with Crippen molar-refractivity contribution in [1.82, 2.24) is 10.3 Å². The van der Waals surface area contributed by atoms with Crippen molar-refractivity contribution in [1.29, 1.82) is 0 Å². The van der Waals surface area contributed by atoms with Gasteiger partial charge in [0.15, 0.2) is 5.78 Å². The molecule has 1 N–H and O–H groups in total. The number of nitrogens with zero attached hydrogens (tertiary/aromatic N) is 1. The summed E-state index contributed by atoms with van der Waals surface area (Å²) < 4.78 is 11.2. The highest BCUT2D eigenvalue weighted by Gasteiger charge is 2.43. The number of hydrogen-bond donors (Lipinski definition) is 1. The van der Waals surface area contributed by atoms with Gasteiger partial charge in [0.25, 0.3) is 0 Å². The summed E-state index contributed by atoms with van der Waals surface area (Å²) in [5.41, 5.74) is 3.32. The molecule has 0 spiro atoms. The van der Waals surface area contributed by atoms with Gasteiger partial charge in [-0.2, -0.15) is 0 Å². The molecule has 29 heavy (non-hydrogen) atoms. The molecule has 0 aromatic carbocycles. The zero-order valence-corrected chi connectivity index (χ0v) is 17.7. The van der Waals surface area contributed by atoms with E-state index in [1.807, 2.05) is 19.1 Å². The number of pyridine rings is 1. The normalized spacial score (nSPS) is 21.0. The minimum Gasteiger partial charge on any atom is -0.463 e. The van der Waals surface area contributed by atoms with Crippen LogP contribution in [0.1, 0.15) is 58.4 Å². The highest BCUT2D eigenvalue weighted by atomic mass is 16.5. The molecule has 3 rings (SSSR count). The molecular weight excluding hydrogens is 368 g/mol. The molecule has 1 aromatic rings. The standard InChI is InChI=1S/C23H30N2O4/c1-5-10-28-14-17-21(22(27)29-6-2)19(15-8-7-9-24-13-15)20-16(25-17)11-23(3,4)12-18(20)26/h7-9,13,19,25H,5-6,10-12,14H2,1-4H3. The van der Waals surface area contributed by atoms with Crippen LogP contribution in [0.3, 0.4) is 0 Å². The molecule has 156 valence electrons. The molecule has 0 amide bonds. The Morgan fingerprint density at radius 3 is 2.76 bits per heavy atom. The summed E-state index contributed by atoms with van der Waals surface area (Å²) in [5, 5.41) is 3.38. The molecule has 1 unspecified atom stereocenters. The molecule has 1 aliphatic heterocycles. The first-order valence-corrected chi connectivity index (χ1v) is 10.3. The minimum atomic E-state index is -0.497. The fourth-order valence-corrected chi connectivity index (χ4v) is 4.11. The van der Waals surface area contributed by atoms with Crippen LogP contribution >= 0.6 is 0 Å². The molecule has 1 aliphatic carbocycles. The Bertz CT molecular complexity index is 840. The predicted molar refractivity (Wildman–Crippen MR) is 110 cm³/mol. The fraction of sp³-hybridized carbons (Fsp3) is 0.522. The lowest BCUT2D eigenvalue weighted by Gasteiger charge is -2.39. The number of aromatic nitrogens is 1. The number of nitrogens with one attached hydrogen (secondary N) is 1. The van der Waals surface area contributed by atoms with Gasteiger partial charge >= 0.3 is 5.97 Å². The molecule has 6 heteroatoms. The molecule has 2 aliphatic rings. The molecule has 0 saturated carbocycles. The quantitative estimate of drug-likeness (QED) is 0.558. The van der Waals surface area contributed by atoms with Gasteiger partial charge in [-0.15, -0.1) is 0 Å². The van der Waals surface area contributed by atoms with Gasteiger partial charge in [0.05, 0.1) is 24.5 Å². The SMILES string of the molecule is CCCOCC1=C(C(=O)OCC)C(c2cccnc2)C2=C(CC(C)(C)CC2=O)N1. The van der Waals surface area contributed by atoms with Gasteiger partial charge in [-0.05, 0) is 36.8 Å². The van der Waals surface area contributed by atoms with Crippen molar-refractivity contribution in [3.05, 3.63) is 52.6 Å². The lowest BCUT2D eigenvalue weighted by molar-refractivity contribution is -0.139. The first-order chi connectivity index (χ1) is 13.9. The van der Waals surface area contributed by atoms with E-state index in [1.54, 1.807) is 19.3 Å². The summed E-state index contributed by atoms with van der Waals surface area (Å²) in [6, 6.07) is 3.73. The number of ether oxygens (including phenoxy) is 2. The van der Waals surface area contributed by atoms with Crippen LogP contribution in [0.15, 0.2) is 47.1 Å². The van der Waals surface area contributed by atoms with Crippen LogP contribution in [0, 0.1) is 5.41 Å². The van der Waals surface area contributed by atoms with Crippen LogP contribution in [0.2, 0.25) is 0 Å². The minimum absolute atomic E-state index is 0.0629. The second kappa shape index (κ2) is 8.91. The summed E-state index contributed by atoms with van der Waals surface area (Å²) in [6.45, 7) is 9.12. The Kier molecular flexibility index (Phi) is 6.52. The second-order valence-corrected chi connectivity index (χ2v) is 8.34. The van der Waals surface area contributed by atoms with E-state index in [4.69, 9.17) is 9.47 Å². The van der Waals surface area contributed by atoms with Crippen molar-refractivity contribution >= 4 is 11.8 Å². The van der Waals surface area contributed by atoms with E-state index >= 15 is 0 Å². The lowest BCUT2D eigenvalue weighted by atomic mass is 9.69. The van der Waals surface area contributed by atoms with Crippen molar-refractivity contribution in [2.45, 2.75) is 52.9 Å². The average Bonchev–Trinajstić information content (AvgIpc) is 2.67. The van der Waals surface area contributed by atoms with E-state index in [9.17, 15) is 9.59 Å². The van der Waals surface area contributed by atoms with E-state index in [0.29, 0.717) is 29.9 Å². The molecule has 1 atom stereocenters. The Balaban J connectivity index is 2.14. The number of esters is 1. The number of carbonyl (C=O) groups excluding carboxylic acids is 2. The van der Waals surface area contributed by atoms with Crippen LogP contribution in [-0.4, -0.2) is 36.6 Å². The van der Waals surface area contributed by atoms with E-state index in [-0.39, 0.29) is 24.4 Å². The van der Waals surface area contributed by atoms with E-state index in [0.717, 1.165) is 24.1 Å². The van der Waals surface area contributed by atoms with Gasteiger partial charge < -0.3 is 14.8 Å². The van der Waals surface area contributed by atoms with Gasteiger partial charge in [-0.3, -0.25) is 9.78 Å². The molecule has 2 heterocycles. The Morgan fingerprint density at radius 1 is 1.31 bits per heavy atom. The number of dihydropyridines is 1.